The smallest absolute Gasteiger partial charge is 0.255 e. The molecule has 1 aromatic carbocycles. The van der Waals surface area contributed by atoms with Crippen LogP contribution in [0, 0.1) is 5.82 Å². The van der Waals surface area contributed by atoms with Crippen LogP contribution in [0.5, 0.6) is 11.5 Å². The second-order valence-electron chi connectivity index (χ2n) is 8.60. The number of fused-ring (bicyclic) bond motifs is 3. The van der Waals surface area contributed by atoms with E-state index in [9.17, 15) is 9.18 Å². The summed E-state index contributed by atoms with van der Waals surface area (Å²) >= 11 is 0. The summed E-state index contributed by atoms with van der Waals surface area (Å²) in [7, 11) is 1.41. The number of ether oxygens (including phenoxy) is 4. The highest BCUT2D eigenvalue weighted by Crippen LogP contribution is 2.44. The maximum Gasteiger partial charge on any atom is 0.255 e. The Hall–Kier alpha value is -3.63. The number of benzene rings is 1. The Morgan fingerprint density at radius 2 is 1.97 bits per heavy atom. The van der Waals surface area contributed by atoms with Crippen LogP contribution in [0.3, 0.4) is 0 Å². The van der Waals surface area contributed by atoms with Gasteiger partial charge in [-0.2, -0.15) is 0 Å². The topological polar surface area (TPSA) is 107 Å². The van der Waals surface area contributed by atoms with Gasteiger partial charge in [0.1, 0.15) is 12.4 Å². The number of nitrogens with zero attached hydrogens (tertiary/aromatic N) is 1. The molecule has 5 rings (SSSR count). The van der Waals surface area contributed by atoms with Gasteiger partial charge in [-0.3, -0.25) is 9.78 Å². The summed E-state index contributed by atoms with van der Waals surface area (Å²) in [6.45, 7) is 2.84. The number of H-pyrrole nitrogens is 1. The van der Waals surface area contributed by atoms with Crippen LogP contribution in [-0.4, -0.2) is 62.6 Å². The predicted molar refractivity (Wildman–Crippen MR) is 132 cm³/mol. The molecular formula is C26H29FN4O5. The van der Waals surface area contributed by atoms with E-state index in [1.54, 1.807) is 24.5 Å². The first-order valence-electron chi connectivity index (χ1n) is 12.0. The Kier molecular flexibility index (Phi) is 7.33. The van der Waals surface area contributed by atoms with Crippen molar-refractivity contribution in [1.29, 1.82) is 0 Å². The summed E-state index contributed by atoms with van der Waals surface area (Å²) in [5, 5.41) is 6.29. The van der Waals surface area contributed by atoms with Crippen LogP contribution in [0.4, 0.5) is 15.8 Å². The lowest BCUT2D eigenvalue weighted by Crippen LogP contribution is -2.35. The third kappa shape index (κ3) is 4.87. The normalized spacial score (nSPS) is 18.5. The summed E-state index contributed by atoms with van der Waals surface area (Å²) in [6.07, 6.45) is 4.94. The van der Waals surface area contributed by atoms with Crippen LogP contribution in [-0.2, 0) is 9.47 Å². The van der Waals surface area contributed by atoms with Gasteiger partial charge in [0.05, 0.1) is 55.8 Å². The number of methoxy groups -OCH3 is 1. The van der Waals surface area contributed by atoms with Crippen molar-refractivity contribution in [1.82, 2.24) is 15.3 Å². The quantitative estimate of drug-likeness (QED) is 0.503. The standard InChI is InChI=1S/C26H29FN4O5/c1-33-25-18(27)5-2-6-19(25)30-24-21-22-16(14-29-26(21)32)4-3-9-34-10-11-35-12-13-36-20-15-28-8-7-17(20)23(24)31-22/h2,5-8,15-16,30-31H,3-4,9-14H2,1H3,(H,29,32). The number of carbonyl (C=O) groups is 1. The molecule has 0 saturated heterocycles. The average Bonchev–Trinajstić information content (AvgIpc) is 3.26. The largest absolute Gasteiger partial charge is 0.492 e. The van der Waals surface area contributed by atoms with Crippen LogP contribution in [0.15, 0.2) is 36.7 Å². The average molecular weight is 497 g/mol. The third-order valence-corrected chi connectivity index (χ3v) is 6.36. The van der Waals surface area contributed by atoms with E-state index in [1.165, 1.54) is 13.2 Å². The summed E-state index contributed by atoms with van der Waals surface area (Å²) in [6, 6.07) is 6.44. The van der Waals surface area contributed by atoms with Gasteiger partial charge in [-0.05, 0) is 31.0 Å². The fraction of sp³-hybridized carbons (Fsp3) is 0.385. The Labute approximate surface area is 208 Å². The molecule has 2 aliphatic rings. The summed E-state index contributed by atoms with van der Waals surface area (Å²) in [5.41, 5.74) is 3.60. The number of carbonyl (C=O) groups excluding carboxylic acids is 1. The number of rotatable bonds is 3. The van der Waals surface area contributed by atoms with Gasteiger partial charge in [0.25, 0.3) is 5.91 Å². The second kappa shape index (κ2) is 11.0. The lowest BCUT2D eigenvalue weighted by atomic mass is 9.92. The van der Waals surface area contributed by atoms with Gasteiger partial charge >= 0.3 is 0 Å². The summed E-state index contributed by atoms with van der Waals surface area (Å²) in [5.74, 6) is -0.0605. The lowest BCUT2D eigenvalue weighted by molar-refractivity contribution is 0.0349. The minimum absolute atomic E-state index is 0.0559. The molecule has 190 valence electrons. The van der Waals surface area contributed by atoms with E-state index in [2.05, 4.69) is 20.6 Å². The maximum absolute atomic E-state index is 14.5. The van der Waals surface area contributed by atoms with Crippen LogP contribution in [0.25, 0.3) is 11.3 Å². The first-order valence-corrected chi connectivity index (χ1v) is 12.0. The van der Waals surface area contributed by atoms with Gasteiger partial charge in [-0.1, -0.05) is 6.07 Å². The van der Waals surface area contributed by atoms with Crippen LogP contribution in [0.1, 0.15) is 34.8 Å². The van der Waals surface area contributed by atoms with Crippen LogP contribution < -0.4 is 20.1 Å². The van der Waals surface area contributed by atoms with Crippen molar-refractivity contribution in [3.8, 4) is 22.8 Å². The number of hydrogen-bond donors (Lipinski definition) is 3. The van der Waals surface area contributed by atoms with E-state index in [1.807, 2.05) is 6.07 Å². The fourth-order valence-corrected chi connectivity index (χ4v) is 4.66. The minimum atomic E-state index is -0.505. The predicted octanol–water partition coefficient (Wildman–Crippen LogP) is 4.00. The Bertz CT molecular complexity index is 1230. The number of amides is 1. The maximum atomic E-state index is 14.5. The fourth-order valence-electron chi connectivity index (χ4n) is 4.66. The molecule has 1 amide bonds. The molecular weight excluding hydrogens is 467 g/mol. The third-order valence-electron chi connectivity index (χ3n) is 6.36. The first kappa shape index (κ1) is 24.1. The van der Waals surface area contributed by atoms with Gasteiger partial charge < -0.3 is 34.6 Å². The monoisotopic (exact) mass is 496 g/mol. The molecule has 2 aromatic heterocycles. The molecule has 1 unspecified atom stereocenters. The molecule has 0 saturated carbocycles. The second-order valence-corrected chi connectivity index (χ2v) is 8.60. The van der Waals surface area contributed by atoms with E-state index in [0.29, 0.717) is 68.0 Å². The highest BCUT2D eigenvalue weighted by Gasteiger charge is 2.33. The molecule has 0 radical (unpaired) electrons. The van der Waals surface area contributed by atoms with Gasteiger partial charge in [0, 0.05) is 36.5 Å². The highest BCUT2D eigenvalue weighted by atomic mass is 19.1. The highest BCUT2D eigenvalue weighted by molar-refractivity contribution is 6.07. The zero-order valence-electron chi connectivity index (χ0n) is 20.1. The van der Waals surface area contributed by atoms with Gasteiger partial charge in [0.2, 0.25) is 0 Å². The van der Waals surface area contributed by atoms with E-state index in [4.69, 9.17) is 18.9 Å². The minimum Gasteiger partial charge on any atom is -0.492 e. The number of pyridine rings is 1. The zero-order valence-corrected chi connectivity index (χ0v) is 20.1. The molecule has 3 aromatic rings. The van der Waals surface area contributed by atoms with E-state index >= 15 is 0 Å². The van der Waals surface area contributed by atoms with E-state index in [-0.39, 0.29) is 17.6 Å². The summed E-state index contributed by atoms with van der Waals surface area (Å²) in [4.78, 5) is 20.9. The molecule has 36 heavy (non-hydrogen) atoms. The molecule has 4 heterocycles. The van der Waals surface area contributed by atoms with E-state index < -0.39 is 5.82 Å². The Morgan fingerprint density at radius 3 is 2.83 bits per heavy atom. The SMILES string of the molecule is COc1c(F)cccc1Nc1c2[nH]c3c1C(=O)NCC3CCCOCCOCCOc1cnccc1-2. The molecule has 0 fully saturated rings. The number of hydrogen-bond acceptors (Lipinski definition) is 7. The van der Waals surface area contributed by atoms with Crippen LogP contribution in [0.2, 0.25) is 0 Å². The Morgan fingerprint density at radius 1 is 1.14 bits per heavy atom. The van der Waals surface area contributed by atoms with Crippen molar-refractivity contribution in [2.45, 2.75) is 18.8 Å². The molecule has 10 heteroatoms. The zero-order chi connectivity index (χ0) is 24.9. The van der Waals surface area contributed by atoms with Crippen molar-refractivity contribution < 1.29 is 28.1 Å². The van der Waals surface area contributed by atoms with Crippen molar-refractivity contribution in [2.24, 2.45) is 0 Å². The number of halogens is 1. The number of para-hydroxylation sites is 1. The van der Waals surface area contributed by atoms with Crippen molar-refractivity contribution in [3.63, 3.8) is 0 Å². The van der Waals surface area contributed by atoms with Gasteiger partial charge in [0.15, 0.2) is 11.6 Å². The number of aromatic nitrogens is 2. The molecule has 0 spiro atoms. The van der Waals surface area contributed by atoms with Gasteiger partial charge in [-0.25, -0.2) is 4.39 Å². The molecule has 2 aliphatic heterocycles. The van der Waals surface area contributed by atoms with Crippen molar-refractivity contribution in [3.05, 3.63) is 53.7 Å². The molecule has 1 atom stereocenters. The molecule has 2 bridgehead atoms. The molecule has 3 N–H and O–H groups in total. The molecule has 9 nitrogen and oxygen atoms in total. The number of anilines is 2. The Balaban J connectivity index is 1.65. The molecule has 0 aliphatic carbocycles. The van der Waals surface area contributed by atoms with Gasteiger partial charge in [-0.15, -0.1) is 0 Å². The summed E-state index contributed by atoms with van der Waals surface area (Å²) < 4.78 is 37.1. The number of aromatic amines is 1. The number of nitrogens with one attached hydrogen (secondary N) is 3. The lowest BCUT2D eigenvalue weighted by Gasteiger charge is -2.24. The van der Waals surface area contributed by atoms with Crippen LogP contribution >= 0.6 is 0 Å². The van der Waals surface area contributed by atoms with Crippen molar-refractivity contribution >= 4 is 17.3 Å². The van der Waals surface area contributed by atoms with E-state index in [0.717, 1.165) is 24.1 Å². The first-order chi connectivity index (χ1) is 17.7. The van der Waals surface area contributed by atoms with Crippen molar-refractivity contribution in [2.75, 3.05) is 52.0 Å².